The molecule has 0 aromatic rings. The van der Waals surface area contributed by atoms with Gasteiger partial charge in [-0.3, -0.25) is 16.0 Å². The maximum absolute atomic E-state index is 13.4. The third-order valence-electron chi connectivity index (χ3n) is 7.77. The minimum atomic E-state index is -0.596. The quantitative estimate of drug-likeness (QED) is 0.436. The zero-order valence-electron chi connectivity index (χ0n) is 19.3. The highest BCUT2D eigenvalue weighted by molar-refractivity contribution is 4.79. The highest BCUT2D eigenvalue weighted by Gasteiger charge is 2.30. The van der Waals surface area contributed by atoms with Gasteiger partial charge in [-0.25, -0.2) is 9.71 Å². The number of halogens is 1. The van der Waals surface area contributed by atoms with E-state index >= 15 is 0 Å². The number of alkyl halides is 1. The molecule has 4 aliphatic rings. The van der Waals surface area contributed by atoms with Gasteiger partial charge >= 0.3 is 0 Å². The van der Waals surface area contributed by atoms with Gasteiger partial charge in [0, 0.05) is 6.54 Å². The van der Waals surface area contributed by atoms with Crippen LogP contribution in [0.1, 0.15) is 89.9 Å². The first kappa shape index (κ1) is 23.8. The van der Waals surface area contributed by atoms with Crippen LogP contribution < -0.4 is 21.3 Å². The van der Waals surface area contributed by atoms with Crippen LogP contribution in [-0.4, -0.2) is 44.9 Å². The van der Waals surface area contributed by atoms with E-state index in [1.54, 1.807) is 0 Å². The van der Waals surface area contributed by atoms with Gasteiger partial charge in [0.15, 0.2) is 12.7 Å². The molecule has 31 heavy (non-hydrogen) atoms. The lowest BCUT2D eigenvalue weighted by atomic mass is 9.88. The lowest BCUT2D eigenvalue weighted by Crippen LogP contribution is -2.72. The van der Waals surface area contributed by atoms with Crippen molar-refractivity contribution in [1.29, 1.82) is 0 Å². The second-order valence-corrected chi connectivity index (χ2v) is 10.4. The van der Waals surface area contributed by atoms with E-state index in [9.17, 15) is 4.39 Å². The van der Waals surface area contributed by atoms with E-state index < -0.39 is 6.17 Å². The summed E-state index contributed by atoms with van der Waals surface area (Å²) in [5.41, 5.74) is 0. The molecule has 1 saturated heterocycles. The average Bonchev–Trinajstić information content (AvgIpc) is 2.82. The van der Waals surface area contributed by atoms with E-state index in [1.165, 1.54) is 64.2 Å². The fraction of sp³-hybridized carbons (Fsp3) is 1.00. The Balaban J connectivity index is 1.24. The van der Waals surface area contributed by atoms with Gasteiger partial charge in [0.05, 0.1) is 13.2 Å². The van der Waals surface area contributed by atoms with Crippen LogP contribution in [0, 0.1) is 17.8 Å². The predicted molar refractivity (Wildman–Crippen MR) is 121 cm³/mol. The molecule has 1 heterocycles. The van der Waals surface area contributed by atoms with Crippen molar-refractivity contribution in [1.82, 2.24) is 21.3 Å². The predicted octanol–water partition coefficient (Wildman–Crippen LogP) is 3.93. The molecule has 3 saturated carbocycles. The zero-order chi connectivity index (χ0) is 21.3. The third-order valence-corrected chi connectivity index (χ3v) is 7.77. The molecule has 0 aromatic heterocycles. The highest BCUT2D eigenvalue weighted by Crippen LogP contribution is 2.26. The second kappa shape index (κ2) is 12.8. The summed E-state index contributed by atoms with van der Waals surface area (Å²) in [5.74, 6) is 1.90. The maximum Gasteiger partial charge on any atom is 0.168 e. The normalized spacial score (nSPS) is 36.5. The summed E-state index contributed by atoms with van der Waals surface area (Å²) in [7, 11) is 0. The van der Waals surface area contributed by atoms with E-state index in [-0.39, 0.29) is 19.0 Å². The van der Waals surface area contributed by atoms with Crippen molar-refractivity contribution >= 4 is 0 Å². The van der Waals surface area contributed by atoms with E-state index in [0.717, 1.165) is 32.6 Å². The smallest absolute Gasteiger partial charge is 0.168 e. The number of hydrogen-bond acceptors (Lipinski definition) is 6. The summed E-state index contributed by atoms with van der Waals surface area (Å²) in [6.45, 7) is 2.49. The molecule has 1 aliphatic heterocycles. The molecule has 3 aliphatic carbocycles. The SMILES string of the molecule is FC1CCC(CNC2NC(OCC3CCCCC3)NC(OCC3CCCCC3)N2)CC1. The van der Waals surface area contributed by atoms with E-state index in [2.05, 4.69) is 21.3 Å². The molecule has 4 fully saturated rings. The molecule has 7 heteroatoms. The third kappa shape index (κ3) is 8.20. The lowest BCUT2D eigenvalue weighted by molar-refractivity contribution is -0.127. The minimum Gasteiger partial charge on any atom is -0.349 e. The summed E-state index contributed by atoms with van der Waals surface area (Å²) >= 11 is 0. The molecular formula is C24H45FN4O2. The summed E-state index contributed by atoms with van der Waals surface area (Å²) in [6.07, 6.45) is 15.5. The molecule has 4 rings (SSSR count). The molecule has 180 valence electrons. The van der Waals surface area contributed by atoms with Crippen molar-refractivity contribution in [3.05, 3.63) is 0 Å². The van der Waals surface area contributed by atoms with E-state index in [1.807, 2.05) is 0 Å². The Bertz CT molecular complexity index is 464. The summed E-state index contributed by atoms with van der Waals surface area (Å²) in [5, 5.41) is 14.0. The van der Waals surface area contributed by atoms with Crippen molar-refractivity contribution in [3.8, 4) is 0 Å². The Morgan fingerprint density at radius 2 is 1.13 bits per heavy atom. The molecule has 0 radical (unpaired) electrons. The van der Waals surface area contributed by atoms with Crippen molar-refractivity contribution in [2.75, 3.05) is 19.8 Å². The van der Waals surface area contributed by atoms with E-state index in [0.29, 0.717) is 30.6 Å². The Kier molecular flexibility index (Phi) is 9.84. The fourth-order valence-electron chi connectivity index (χ4n) is 5.68. The van der Waals surface area contributed by atoms with Crippen LogP contribution in [0.3, 0.4) is 0 Å². The van der Waals surface area contributed by atoms with Crippen LogP contribution in [0.15, 0.2) is 0 Å². The summed E-state index contributed by atoms with van der Waals surface area (Å²) < 4.78 is 25.9. The van der Waals surface area contributed by atoms with Gasteiger partial charge in [0.25, 0.3) is 0 Å². The van der Waals surface area contributed by atoms with Gasteiger partial charge in [0.2, 0.25) is 0 Å². The first-order valence-electron chi connectivity index (χ1n) is 13.1. The van der Waals surface area contributed by atoms with Crippen molar-refractivity contribution < 1.29 is 13.9 Å². The van der Waals surface area contributed by atoms with Gasteiger partial charge in [-0.05, 0) is 69.1 Å². The van der Waals surface area contributed by atoms with Crippen molar-refractivity contribution in [2.45, 2.75) is 115 Å². The average molecular weight is 441 g/mol. The van der Waals surface area contributed by atoms with Crippen LogP contribution >= 0.6 is 0 Å². The molecule has 0 bridgehead atoms. The van der Waals surface area contributed by atoms with Gasteiger partial charge < -0.3 is 9.47 Å². The Morgan fingerprint density at radius 3 is 1.65 bits per heavy atom. The second-order valence-electron chi connectivity index (χ2n) is 10.4. The maximum atomic E-state index is 13.4. The van der Waals surface area contributed by atoms with Crippen LogP contribution in [0.4, 0.5) is 4.39 Å². The van der Waals surface area contributed by atoms with E-state index in [4.69, 9.17) is 9.47 Å². The number of hydrogen-bond donors (Lipinski definition) is 4. The Hall–Kier alpha value is -0.310. The Labute approximate surface area is 188 Å². The number of ether oxygens (including phenoxy) is 2. The molecular weight excluding hydrogens is 395 g/mol. The van der Waals surface area contributed by atoms with Crippen LogP contribution in [0.2, 0.25) is 0 Å². The van der Waals surface area contributed by atoms with Crippen molar-refractivity contribution in [2.24, 2.45) is 17.8 Å². The first-order chi connectivity index (χ1) is 15.2. The van der Waals surface area contributed by atoms with Gasteiger partial charge in [0.1, 0.15) is 12.5 Å². The molecule has 2 unspecified atom stereocenters. The molecule has 0 aromatic carbocycles. The molecule has 2 atom stereocenters. The Morgan fingerprint density at radius 1 is 0.613 bits per heavy atom. The van der Waals surface area contributed by atoms with Gasteiger partial charge in [-0.1, -0.05) is 38.5 Å². The highest BCUT2D eigenvalue weighted by atomic mass is 19.1. The largest absolute Gasteiger partial charge is 0.349 e. The van der Waals surface area contributed by atoms with Crippen LogP contribution in [0.25, 0.3) is 0 Å². The topological polar surface area (TPSA) is 66.6 Å². The summed E-state index contributed by atoms with van der Waals surface area (Å²) in [6, 6.07) is 0. The lowest BCUT2D eigenvalue weighted by Gasteiger charge is -2.40. The molecule has 0 spiro atoms. The van der Waals surface area contributed by atoms with Crippen LogP contribution in [-0.2, 0) is 9.47 Å². The van der Waals surface area contributed by atoms with Crippen molar-refractivity contribution in [3.63, 3.8) is 0 Å². The number of nitrogens with one attached hydrogen (secondary N) is 4. The zero-order valence-corrected chi connectivity index (χ0v) is 19.3. The first-order valence-corrected chi connectivity index (χ1v) is 13.1. The summed E-state index contributed by atoms with van der Waals surface area (Å²) in [4.78, 5) is 0. The molecule has 6 nitrogen and oxygen atoms in total. The van der Waals surface area contributed by atoms with Crippen LogP contribution in [0.5, 0.6) is 0 Å². The fourth-order valence-corrected chi connectivity index (χ4v) is 5.68. The number of rotatable bonds is 9. The standard InChI is InChI=1S/C24H45FN4O2/c25-21-13-11-18(12-14-21)15-26-22-27-23(30-16-19-7-3-1-4-8-19)29-24(28-22)31-17-20-9-5-2-6-10-20/h18-24,26-29H,1-17H2. The van der Waals surface area contributed by atoms with Gasteiger partial charge in [-0.2, -0.15) is 0 Å². The molecule has 4 N–H and O–H groups in total. The monoisotopic (exact) mass is 440 g/mol. The minimum absolute atomic E-state index is 0.0722. The molecule has 0 amide bonds. The van der Waals surface area contributed by atoms with Gasteiger partial charge in [-0.15, -0.1) is 0 Å².